The third-order valence-corrected chi connectivity index (χ3v) is 2.54. The monoisotopic (exact) mass is 223 g/mol. The van der Waals surface area contributed by atoms with E-state index < -0.39 is 0 Å². The van der Waals surface area contributed by atoms with E-state index >= 15 is 0 Å². The first-order valence-corrected chi connectivity index (χ1v) is 5.59. The number of aromatic amines is 1. The molecule has 0 aromatic carbocycles. The molecule has 16 heavy (non-hydrogen) atoms. The van der Waals surface area contributed by atoms with E-state index in [1.54, 1.807) is 13.2 Å². The first-order chi connectivity index (χ1) is 7.78. The summed E-state index contributed by atoms with van der Waals surface area (Å²) in [5, 5.41) is 3.34. The van der Waals surface area contributed by atoms with Gasteiger partial charge in [0, 0.05) is 32.2 Å². The number of nitrogens with one attached hydrogen (secondary N) is 2. The van der Waals surface area contributed by atoms with E-state index in [2.05, 4.69) is 15.3 Å². The normalized spacial score (nSPS) is 15.3. The first-order valence-electron chi connectivity index (χ1n) is 5.59. The Morgan fingerprint density at radius 1 is 1.62 bits per heavy atom. The van der Waals surface area contributed by atoms with Crippen molar-refractivity contribution in [3.63, 3.8) is 0 Å². The molecular formula is C11H17N3O2. The molecule has 1 aromatic rings. The van der Waals surface area contributed by atoms with Gasteiger partial charge in [0.1, 0.15) is 5.82 Å². The maximum atomic E-state index is 11.4. The van der Waals surface area contributed by atoms with E-state index in [1.807, 2.05) is 0 Å². The van der Waals surface area contributed by atoms with Crippen LogP contribution in [0.25, 0.3) is 0 Å². The minimum atomic E-state index is -0.0892. The molecule has 1 saturated carbocycles. The molecule has 1 aliphatic rings. The zero-order valence-electron chi connectivity index (χ0n) is 9.45. The van der Waals surface area contributed by atoms with E-state index in [-0.39, 0.29) is 5.56 Å². The number of methoxy groups -OCH3 is 1. The molecule has 0 spiro atoms. The summed E-state index contributed by atoms with van der Waals surface area (Å²) >= 11 is 0. The number of hydrogen-bond donors (Lipinski definition) is 2. The fraction of sp³-hybridized carbons (Fsp3) is 0.636. The highest BCUT2D eigenvalue weighted by atomic mass is 16.5. The molecular weight excluding hydrogens is 206 g/mol. The van der Waals surface area contributed by atoms with Crippen molar-refractivity contribution in [2.75, 3.05) is 13.7 Å². The van der Waals surface area contributed by atoms with Gasteiger partial charge in [0.05, 0.1) is 12.3 Å². The Labute approximate surface area is 94.2 Å². The summed E-state index contributed by atoms with van der Waals surface area (Å²) in [6, 6.07) is 2.18. The fourth-order valence-corrected chi connectivity index (χ4v) is 1.51. The Kier molecular flexibility index (Phi) is 3.69. The van der Waals surface area contributed by atoms with Crippen LogP contribution in [0.4, 0.5) is 0 Å². The summed E-state index contributed by atoms with van der Waals surface area (Å²) < 4.78 is 4.96. The van der Waals surface area contributed by atoms with Gasteiger partial charge in [-0.05, 0) is 12.8 Å². The van der Waals surface area contributed by atoms with Crippen molar-refractivity contribution in [1.29, 1.82) is 0 Å². The largest absolute Gasteiger partial charge is 0.384 e. The smallest absolute Gasteiger partial charge is 0.251 e. The first kappa shape index (κ1) is 11.3. The molecule has 2 N–H and O–H groups in total. The van der Waals surface area contributed by atoms with Crippen molar-refractivity contribution >= 4 is 0 Å². The Bertz CT molecular complexity index is 398. The summed E-state index contributed by atoms with van der Waals surface area (Å²) in [6.07, 6.45) is 3.11. The third kappa shape index (κ3) is 3.43. The number of H-pyrrole nitrogens is 1. The lowest BCUT2D eigenvalue weighted by molar-refractivity contribution is 0.200. The number of aromatic nitrogens is 2. The van der Waals surface area contributed by atoms with Gasteiger partial charge in [-0.2, -0.15) is 0 Å². The highest BCUT2D eigenvalue weighted by Crippen LogP contribution is 2.18. The van der Waals surface area contributed by atoms with Crippen molar-refractivity contribution in [3.05, 3.63) is 27.9 Å². The van der Waals surface area contributed by atoms with Crippen LogP contribution in [0.1, 0.15) is 24.4 Å². The lowest BCUT2D eigenvalue weighted by Crippen LogP contribution is -2.20. The molecule has 2 rings (SSSR count). The Hall–Kier alpha value is -1.20. The van der Waals surface area contributed by atoms with Crippen LogP contribution in [0, 0.1) is 0 Å². The topological polar surface area (TPSA) is 67.0 Å². The van der Waals surface area contributed by atoms with Crippen molar-refractivity contribution in [1.82, 2.24) is 15.3 Å². The summed E-state index contributed by atoms with van der Waals surface area (Å²) in [7, 11) is 1.64. The molecule has 1 aliphatic carbocycles. The van der Waals surface area contributed by atoms with Gasteiger partial charge < -0.3 is 15.0 Å². The van der Waals surface area contributed by atoms with Crippen LogP contribution >= 0.6 is 0 Å². The van der Waals surface area contributed by atoms with Crippen molar-refractivity contribution < 1.29 is 4.74 Å². The molecule has 1 fully saturated rings. The van der Waals surface area contributed by atoms with Crippen LogP contribution in [0.5, 0.6) is 0 Å². The average Bonchev–Trinajstić information content (AvgIpc) is 3.07. The molecule has 0 atom stereocenters. The zero-order chi connectivity index (χ0) is 11.4. The lowest BCUT2D eigenvalue weighted by Gasteiger charge is -2.04. The molecule has 0 radical (unpaired) electrons. The van der Waals surface area contributed by atoms with Gasteiger partial charge in [-0.25, -0.2) is 4.98 Å². The van der Waals surface area contributed by atoms with Crippen molar-refractivity contribution in [2.24, 2.45) is 0 Å². The average molecular weight is 223 g/mol. The van der Waals surface area contributed by atoms with Crippen molar-refractivity contribution in [2.45, 2.75) is 31.8 Å². The van der Waals surface area contributed by atoms with Gasteiger partial charge in [-0.3, -0.25) is 4.79 Å². The molecule has 0 unspecified atom stereocenters. The minimum Gasteiger partial charge on any atom is -0.384 e. The molecule has 0 saturated heterocycles. The van der Waals surface area contributed by atoms with Crippen LogP contribution in [0.15, 0.2) is 10.9 Å². The second kappa shape index (κ2) is 5.23. The second-order valence-electron chi connectivity index (χ2n) is 4.08. The zero-order valence-corrected chi connectivity index (χ0v) is 9.45. The summed E-state index contributed by atoms with van der Waals surface area (Å²) in [6.45, 7) is 1.25. The molecule has 5 heteroatoms. The number of nitrogens with zero attached hydrogens (tertiary/aromatic N) is 1. The van der Waals surface area contributed by atoms with Gasteiger partial charge >= 0.3 is 0 Å². The summed E-state index contributed by atoms with van der Waals surface area (Å²) in [5.74, 6) is 0.696. The van der Waals surface area contributed by atoms with E-state index in [1.165, 1.54) is 12.8 Å². The maximum absolute atomic E-state index is 11.4. The van der Waals surface area contributed by atoms with E-state index in [0.29, 0.717) is 31.4 Å². The van der Waals surface area contributed by atoms with Crippen LogP contribution in [-0.4, -0.2) is 29.7 Å². The minimum absolute atomic E-state index is 0.0892. The predicted molar refractivity (Wildman–Crippen MR) is 60.3 cm³/mol. The lowest BCUT2D eigenvalue weighted by atomic mass is 10.3. The fourth-order valence-electron chi connectivity index (χ4n) is 1.51. The molecule has 0 amide bonds. The molecule has 1 heterocycles. The van der Waals surface area contributed by atoms with E-state index in [4.69, 9.17) is 4.74 Å². The highest BCUT2D eigenvalue weighted by Gasteiger charge is 2.20. The Balaban J connectivity index is 1.98. The molecule has 5 nitrogen and oxygen atoms in total. The van der Waals surface area contributed by atoms with Gasteiger partial charge in [0.2, 0.25) is 0 Å². The van der Waals surface area contributed by atoms with E-state index in [9.17, 15) is 4.79 Å². The number of ether oxygens (including phenoxy) is 1. The van der Waals surface area contributed by atoms with Gasteiger partial charge in [0.25, 0.3) is 5.56 Å². The van der Waals surface area contributed by atoms with Crippen LogP contribution in [-0.2, 0) is 17.7 Å². The SMILES string of the molecule is COCCc1nc(CNC2CC2)cc(=O)[nH]1. The van der Waals surface area contributed by atoms with Crippen LogP contribution in [0.3, 0.4) is 0 Å². The molecule has 0 aliphatic heterocycles. The predicted octanol–water partition coefficient (Wildman–Crippen LogP) is 0.211. The highest BCUT2D eigenvalue weighted by molar-refractivity contribution is 5.03. The van der Waals surface area contributed by atoms with Crippen molar-refractivity contribution in [3.8, 4) is 0 Å². The van der Waals surface area contributed by atoms with Gasteiger partial charge in [-0.1, -0.05) is 0 Å². The van der Waals surface area contributed by atoms with Crippen LogP contribution < -0.4 is 10.9 Å². The Morgan fingerprint density at radius 2 is 2.44 bits per heavy atom. The second-order valence-corrected chi connectivity index (χ2v) is 4.08. The maximum Gasteiger partial charge on any atom is 0.251 e. The standard InChI is InChI=1S/C11H17N3O2/c1-16-5-4-10-13-9(6-11(15)14-10)7-12-8-2-3-8/h6,8,12H,2-5,7H2,1H3,(H,13,14,15). The quantitative estimate of drug-likeness (QED) is 0.723. The van der Waals surface area contributed by atoms with E-state index in [0.717, 1.165) is 5.69 Å². The molecule has 1 aromatic heterocycles. The number of hydrogen-bond acceptors (Lipinski definition) is 4. The van der Waals surface area contributed by atoms with Gasteiger partial charge in [-0.15, -0.1) is 0 Å². The van der Waals surface area contributed by atoms with Gasteiger partial charge in [0.15, 0.2) is 0 Å². The number of rotatable bonds is 6. The molecule has 88 valence electrons. The van der Waals surface area contributed by atoms with Crippen LogP contribution in [0.2, 0.25) is 0 Å². The summed E-state index contributed by atoms with van der Waals surface area (Å²) in [4.78, 5) is 18.5. The summed E-state index contributed by atoms with van der Waals surface area (Å²) in [5.41, 5.74) is 0.718. The Morgan fingerprint density at radius 3 is 3.12 bits per heavy atom. The third-order valence-electron chi connectivity index (χ3n) is 2.54. The molecule has 0 bridgehead atoms.